The fourth-order valence-electron chi connectivity index (χ4n) is 2.08. The average molecular weight is 349 g/mol. The van der Waals surface area contributed by atoms with Gasteiger partial charge in [0.15, 0.2) is 5.69 Å². The first-order chi connectivity index (χ1) is 11.5. The van der Waals surface area contributed by atoms with Crippen LogP contribution in [0.4, 0.5) is 10.3 Å². The van der Waals surface area contributed by atoms with Gasteiger partial charge in [0.2, 0.25) is 5.95 Å². The van der Waals surface area contributed by atoms with E-state index in [9.17, 15) is 9.18 Å². The molecule has 1 amide bonds. The summed E-state index contributed by atoms with van der Waals surface area (Å²) in [5.41, 5.74) is 0.984. The molecule has 0 aliphatic rings. The van der Waals surface area contributed by atoms with Crippen molar-refractivity contribution in [3.05, 3.63) is 58.9 Å². The van der Waals surface area contributed by atoms with Gasteiger partial charge in [-0.25, -0.2) is 14.1 Å². The molecule has 0 aliphatic carbocycles. The quantitative estimate of drug-likeness (QED) is 0.768. The summed E-state index contributed by atoms with van der Waals surface area (Å²) < 4.78 is 16.2. The van der Waals surface area contributed by atoms with Crippen molar-refractivity contribution >= 4 is 23.5 Å². The fourth-order valence-corrected chi connectivity index (χ4v) is 2.30. The Morgan fingerprint density at radius 2 is 2.12 bits per heavy atom. The topological polar surface area (TPSA) is 77.6 Å². The summed E-state index contributed by atoms with van der Waals surface area (Å²) in [6, 6.07) is 5.76. The van der Waals surface area contributed by atoms with E-state index in [4.69, 9.17) is 11.6 Å². The lowest BCUT2D eigenvalue weighted by molar-refractivity contribution is 0.102. The van der Waals surface area contributed by atoms with Crippen LogP contribution >= 0.6 is 11.6 Å². The molecule has 0 aliphatic heterocycles. The number of halogens is 2. The van der Waals surface area contributed by atoms with Crippen molar-refractivity contribution in [2.75, 3.05) is 5.32 Å². The molecule has 2 aromatic heterocycles. The van der Waals surface area contributed by atoms with E-state index in [1.54, 1.807) is 23.0 Å². The molecule has 0 radical (unpaired) electrons. The molecule has 3 aromatic rings. The van der Waals surface area contributed by atoms with Crippen molar-refractivity contribution < 1.29 is 9.18 Å². The zero-order valence-electron chi connectivity index (χ0n) is 12.8. The highest BCUT2D eigenvalue weighted by atomic mass is 35.5. The van der Waals surface area contributed by atoms with Gasteiger partial charge in [-0.1, -0.05) is 17.7 Å². The van der Waals surface area contributed by atoms with Crippen molar-refractivity contribution in [2.24, 2.45) is 0 Å². The number of hydrogen-bond acceptors (Lipinski definition) is 4. The number of aromatic nitrogens is 5. The van der Waals surface area contributed by atoms with Crippen molar-refractivity contribution in [3.63, 3.8) is 0 Å². The molecule has 0 bridgehead atoms. The maximum absolute atomic E-state index is 13.0. The summed E-state index contributed by atoms with van der Waals surface area (Å²) in [5.74, 6) is -0.633. The Labute approximate surface area is 142 Å². The predicted molar refractivity (Wildman–Crippen MR) is 86.4 cm³/mol. The molecule has 24 heavy (non-hydrogen) atoms. The second-order valence-corrected chi connectivity index (χ2v) is 5.42. The minimum Gasteiger partial charge on any atom is -0.288 e. The lowest BCUT2D eigenvalue weighted by Gasteiger charge is -2.04. The molecule has 124 valence electrons. The third-order valence-electron chi connectivity index (χ3n) is 3.31. The minimum absolute atomic E-state index is 0.157. The Morgan fingerprint density at radius 1 is 1.29 bits per heavy atom. The monoisotopic (exact) mass is 348 g/mol. The number of amides is 1. The number of aryl methyl sites for hydroxylation is 1. The number of nitrogens with zero attached hydrogens (tertiary/aromatic N) is 5. The number of carbonyl (C=O) groups excluding carboxylic acids is 1. The third-order valence-corrected chi connectivity index (χ3v) is 3.66. The number of benzene rings is 1. The molecule has 0 saturated carbocycles. The van der Waals surface area contributed by atoms with Crippen LogP contribution in [-0.2, 0) is 13.1 Å². The van der Waals surface area contributed by atoms with Gasteiger partial charge >= 0.3 is 0 Å². The van der Waals surface area contributed by atoms with Gasteiger partial charge in [-0.2, -0.15) is 5.10 Å². The zero-order valence-corrected chi connectivity index (χ0v) is 13.5. The van der Waals surface area contributed by atoms with Crippen LogP contribution in [-0.4, -0.2) is 30.5 Å². The van der Waals surface area contributed by atoms with E-state index < -0.39 is 5.82 Å². The van der Waals surface area contributed by atoms with Gasteiger partial charge in [-0.3, -0.25) is 14.8 Å². The van der Waals surface area contributed by atoms with Crippen molar-refractivity contribution in [2.45, 2.75) is 20.0 Å². The number of rotatable bonds is 5. The molecule has 1 aromatic carbocycles. The first kappa shape index (κ1) is 16.1. The molecule has 9 heteroatoms. The van der Waals surface area contributed by atoms with Crippen LogP contribution < -0.4 is 5.32 Å². The number of nitrogens with one attached hydrogen (secondary N) is 1. The van der Waals surface area contributed by atoms with Crippen LogP contribution in [0.3, 0.4) is 0 Å². The lowest BCUT2D eigenvalue weighted by Crippen LogP contribution is -2.14. The van der Waals surface area contributed by atoms with Crippen LogP contribution in [0.5, 0.6) is 0 Å². The van der Waals surface area contributed by atoms with Crippen LogP contribution in [0.15, 0.2) is 36.8 Å². The van der Waals surface area contributed by atoms with E-state index in [0.717, 1.165) is 0 Å². The summed E-state index contributed by atoms with van der Waals surface area (Å²) in [6.07, 6.45) is 3.18. The van der Waals surface area contributed by atoms with E-state index in [1.807, 2.05) is 6.92 Å². The maximum atomic E-state index is 13.0. The molecule has 3 rings (SSSR count). The first-order valence-corrected chi connectivity index (χ1v) is 7.61. The summed E-state index contributed by atoms with van der Waals surface area (Å²) in [7, 11) is 0. The Hall–Kier alpha value is -2.74. The molecule has 0 spiro atoms. The average Bonchev–Trinajstić information content (AvgIpc) is 3.19. The van der Waals surface area contributed by atoms with Gasteiger partial charge in [-0.05, 0) is 30.7 Å². The second-order valence-electron chi connectivity index (χ2n) is 5.01. The number of carbonyl (C=O) groups is 1. The van der Waals surface area contributed by atoms with Crippen LogP contribution in [0.25, 0.3) is 0 Å². The summed E-state index contributed by atoms with van der Waals surface area (Å²) in [5, 5.41) is 11.1. The Morgan fingerprint density at radius 3 is 2.83 bits per heavy atom. The molecule has 0 fully saturated rings. The standard InChI is InChI=1S/C15H14ClFN6O/c1-2-22-6-5-13(20-22)14(24)19-15-18-9-23(21-15)8-10-3-4-11(17)7-12(10)16/h3-7,9H,2,8H2,1H3,(H,19,21,24). The highest BCUT2D eigenvalue weighted by molar-refractivity contribution is 6.31. The largest absolute Gasteiger partial charge is 0.288 e. The normalized spacial score (nSPS) is 10.8. The molecular formula is C15H14ClFN6O. The van der Waals surface area contributed by atoms with Crippen molar-refractivity contribution in [3.8, 4) is 0 Å². The summed E-state index contributed by atoms with van der Waals surface area (Å²) >= 11 is 5.98. The minimum atomic E-state index is -0.401. The first-order valence-electron chi connectivity index (χ1n) is 7.23. The van der Waals surface area contributed by atoms with Gasteiger partial charge in [0, 0.05) is 17.8 Å². The molecule has 0 saturated heterocycles. The smallest absolute Gasteiger partial charge is 0.278 e. The number of anilines is 1. The van der Waals surface area contributed by atoms with Crippen LogP contribution in [0, 0.1) is 5.82 Å². The molecule has 1 N–H and O–H groups in total. The molecular weight excluding hydrogens is 335 g/mol. The summed E-state index contributed by atoms with van der Waals surface area (Å²) in [6.45, 7) is 2.92. The van der Waals surface area contributed by atoms with Crippen LogP contribution in [0.1, 0.15) is 23.0 Å². The van der Waals surface area contributed by atoms with Gasteiger partial charge in [-0.15, -0.1) is 5.10 Å². The molecule has 0 atom stereocenters. The molecule has 2 heterocycles. The molecule has 7 nitrogen and oxygen atoms in total. The lowest BCUT2D eigenvalue weighted by atomic mass is 10.2. The second kappa shape index (κ2) is 6.79. The Kier molecular flexibility index (Phi) is 4.57. The highest BCUT2D eigenvalue weighted by Gasteiger charge is 2.12. The van der Waals surface area contributed by atoms with Gasteiger partial charge in [0.1, 0.15) is 12.1 Å². The third kappa shape index (κ3) is 3.60. The van der Waals surface area contributed by atoms with E-state index in [0.29, 0.717) is 23.7 Å². The van der Waals surface area contributed by atoms with Crippen molar-refractivity contribution in [1.29, 1.82) is 0 Å². The predicted octanol–water partition coefficient (Wildman–Crippen LogP) is 2.59. The fraction of sp³-hybridized carbons (Fsp3) is 0.200. The molecule has 0 unspecified atom stereocenters. The Bertz CT molecular complexity index is 874. The summed E-state index contributed by atoms with van der Waals surface area (Å²) in [4.78, 5) is 16.1. The SMILES string of the molecule is CCn1ccc(C(=O)Nc2ncn(Cc3ccc(F)cc3Cl)n2)n1. The maximum Gasteiger partial charge on any atom is 0.278 e. The highest BCUT2D eigenvalue weighted by Crippen LogP contribution is 2.18. The number of hydrogen-bond donors (Lipinski definition) is 1. The zero-order chi connectivity index (χ0) is 17.1. The van der Waals surface area contributed by atoms with Crippen molar-refractivity contribution in [1.82, 2.24) is 24.5 Å². The Balaban J connectivity index is 1.68. The van der Waals surface area contributed by atoms with E-state index in [1.165, 1.54) is 23.1 Å². The van der Waals surface area contributed by atoms with Crippen LogP contribution in [0.2, 0.25) is 5.02 Å². The van der Waals surface area contributed by atoms with E-state index in [-0.39, 0.29) is 17.5 Å². The van der Waals surface area contributed by atoms with Gasteiger partial charge in [0.05, 0.1) is 6.54 Å². The van der Waals surface area contributed by atoms with E-state index in [2.05, 4.69) is 20.5 Å². The van der Waals surface area contributed by atoms with Gasteiger partial charge < -0.3 is 0 Å². The van der Waals surface area contributed by atoms with E-state index >= 15 is 0 Å². The van der Waals surface area contributed by atoms with Gasteiger partial charge in [0.25, 0.3) is 5.91 Å².